The van der Waals surface area contributed by atoms with Crippen LogP contribution in [0.4, 0.5) is 0 Å². The second kappa shape index (κ2) is 6.27. The largest absolute Gasteiger partial charge is 0.394 e. The number of rotatable bonds is 4. The molecule has 2 aromatic rings. The van der Waals surface area contributed by atoms with Gasteiger partial charge in [-0.15, -0.1) is 0 Å². The number of nitrogens with zero attached hydrogens (tertiary/aromatic N) is 3. The first kappa shape index (κ1) is 16.2. The van der Waals surface area contributed by atoms with E-state index in [-0.39, 0.29) is 29.7 Å². The molecule has 1 atom stereocenters. The van der Waals surface area contributed by atoms with Crippen LogP contribution in [0.15, 0.2) is 35.1 Å². The number of aliphatic hydroxyl groups excluding tert-OH is 1. The van der Waals surface area contributed by atoms with Crippen LogP contribution in [0.5, 0.6) is 0 Å². The van der Waals surface area contributed by atoms with Gasteiger partial charge < -0.3 is 14.5 Å². The molecule has 22 heavy (non-hydrogen) atoms. The maximum Gasteiger partial charge on any atom is 0.276 e. The van der Waals surface area contributed by atoms with Crippen molar-refractivity contribution < 1.29 is 14.4 Å². The molecule has 6 nitrogen and oxygen atoms in total. The van der Waals surface area contributed by atoms with Crippen LogP contribution in [0.3, 0.4) is 0 Å². The summed E-state index contributed by atoms with van der Waals surface area (Å²) in [4.78, 5) is 18.0. The van der Waals surface area contributed by atoms with Gasteiger partial charge in [-0.3, -0.25) is 9.78 Å². The minimum atomic E-state index is -0.305. The molecule has 0 fully saturated rings. The van der Waals surface area contributed by atoms with E-state index in [1.165, 1.54) is 4.90 Å². The number of hydrogen-bond donors (Lipinski definition) is 1. The molecule has 0 aliphatic carbocycles. The zero-order valence-electron chi connectivity index (χ0n) is 13.3. The maximum absolute atomic E-state index is 12.5. The van der Waals surface area contributed by atoms with Crippen molar-refractivity contribution in [2.24, 2.45) is 5.41 Å². The Kier molecular flexibility index (Phi) is 4.61. The van der Waals surface area contributed by atoms with Crippen molar-refractivity contribution in [1.82, 2.24) is 15.0 Å². The normalized spacial score (nSPS) is 13.0. The fraction of sp³-hybridized carbons (Fsp3) is 0.438. The third kappa shape index (κ3) is 3.33. The summed E-state index contributed by atoms with van der Waals surface area (Å²) in [7, 11) is 1.66. The predicted octanol–water partition coefficient (Wildman–Crippen LogP) is 2.22. The molecule has 0 aliphatic heterocycles. The Labute approximate surface area is 129 Å². The topological polar surface area (TPSA) is 79.5 Å². The summed E-state index contributed by atoms with van der Waals surface area (Å²) in [5, 5.41) is 13.4. The fourth-order valence-electron chi connectivity index (χ4n) is 2.33. The Morgan fingerprint density at radius 1 is 1.36 bits per heavy atom. The van der Waals surface area contributed by atoms with Crippen LogP contribution in [-0.4, -0.2) is 45.8 Å². The molecule has 0 unspecified atom stereocenters. The van der Waals surface area contributed by atoms with Crippen molar-refractivity contribution in [2.45, 2.75) is 26.8 Å². The number of carbonyl (C=O) groups excluding carboxylic acids is 1. The quantitative estimate of drug-likeness (QED) is 0.936. The van der Waals surface area contributed by atoms with E-state index >= 15 is 0 Å². The van der Waals surface area contributed by atoms with Gasteiger partial charge in [-0.1, -0.05) is 25.9 Å². The molecule has 0 saturated heterocycles. The Morgan fingerprint density at radius 3 is 2.55 bits per heavy atom. The van der Waals surface area contributed by atoms with Crippen molar-refractivity contribution in [3.63, 3.8) is 0 Å². The molecule has 2 aromatic heterocycles. The van der Waals surface area contributed by atoms with Gasteiger partial charge in [0.05, 0.1) is 12.6 Å². The average Bonchev–Trinajstić information content (AvgIpc) is 2.96. The molecular weight excluding hydrogens is 282 g/mol. The van der Waals surface area contributed by atoms with E-state index in [0.29, 0.717) is 5.76 Å². The SMILES string of the molecule is CN(C(=O)c1cc(-c2ccncc2)on1)[C@H](CO)C(C)(C)C. The second-order valence-electron chi connectivity index (χ2n) is 6.29. The lowest BCUT2D eigenvalue weighted by Crippen LogP contribution is -2.47. The van der Waals surface area contributed by atoms with E-state index in [1.54, 1.807) is 37.6 Å². The molecule has 118 valence electrons. The Balaban J connectivity index is 2.22. The zero-order valence-corrected chi connectivity index (χ0v) is 13.3. The summed E-state index contributed by atoms with van der Waals surface area (Å²) in [5.41, 5.74) is 0.785. The van der Waals surface area contributed by atoms with E-state index in [4.69, 9.17) is 4.52 Å². The van der Waals surface area contributed by atoms with E-state index in [9.17, 15) is 9.90 Å². The van der Waals surface area contributed by atoms with Gasteiger partial charge in [0, 0.05) is 31.1 Å². The van der Waals surface area contributed by atoms with E-state index in [2.05, 4.69) is 10.1 Å². The van der Waals surface area contributed by atoms with E-state index < -0.39 is 0 Å². The Bertz CT molecular complexity index is 632. The van der Waals surface area contributed by atoms with Gasteiger partial charge in [-0.25, -0.2) is 0 Å². The monoisotopic (exact) mass is 303 g/mol. The van der Waals surface area contributed by atoms with Crippen LogP contribution < -0.4 is 0 Å². The molecule has 1 amide bonds. The third-order valence-electron chi connectivity index (χ3n) is 3.65. The summed E-state index contributed by atoms with van der Waals surface area (Å²) in [6, 6.07) is 4.86. The van der Waals surface area contributed by atoms with Gasteiger partial charge in [0.2, 0.25) is 0 Å². The number of amides is 1. The summed E-state index contributed by atoms with van der Waals surface area (Å²) in [6.45, 7) is 5.81. The lowest BCUT2D eigenvalue weighted by Gasteiger charge is -2.36. The molecule has 0 spiro atoms. The van der Waals surface area contributed by atoms with Gasteiger partial charge in [0.1, 0.15) is 0 Å². The van der Waals surface area contributed by atoms with Crippen molar-refractivity contribution in [1.29, 1.82) is 0 Å². The number of aromatic nitrogens is 2. The van der Waals surface area contributed by atoms with Gasteiger partial charge in [-0.2, -0.15) is 0 Å². The maximum atomic E-state index is 12.5. The summed E-state index contributed by atoms with van der Waals surface area (Å²) in [6.07, 6.45) is 3.29. The van der Waals surface area contributed by atoms with Gasteiger partial charge >= 0.3 is 0 Å². The summed E-state index contributed by atoms with van der Waals surface area (Å²) in [5.74, 6) is 0.230. The van der Waals surface area contributed by atoms with Crippen LogP contribution in [-0.2, 0) is 0 Å². The summed E-state index contributed by atoms with van der Waals surface area (Å²) >= 11 is 0. The van der Waals surface area contributed by atoms with E-state index in [0.717, 1.165) is 5.56 Å². The smallest absolute Gasteiger partial charge is 0.276 e. The number of aliphatic hydroxyl groups is 1. The first-order valence-corrected chi connectivity index (χ1v) is 7.09. The van der Waals surface area contributed by atoms with Gasteiger partial charge in [0.15, 0.2) is 11.5 Å². The first-order valence-electron chi connectivity index (χ1n) is 7.09. The molecule has 0 aliphatic rings. The van der Waals surface area contributed by atoms with Crippen LogP contribution in [0.2, 0.25) is 0 Å². The molecule has 6 heteroatoms. The highest BCUT2D eigenvalue weighted by atomic mass is 16.5. The van der Waals surface area contributed by atoms with Crippen LogP contribution in [0.1, 0.15) is 31.3 Å². The van der Waals surface area contributed by atoms with Crippen LogP contribution >= 0.6 is 0 Å². The standard InChI is InChI=1S/C16H21N3O3/c1-16(2,3)14(10-20)19(4)15(21)12-9-13(22-18-12)11-5-7-17-8-6-11/h5-9,14,20H,10H2,1-4H3/t14-/m1/s1. The minimum absolute atomic E-state index is 0.110. The first-order chi connectivity index (χ1) is 10.3. The van der Waals surface area contributed by atoms with E-state index in [1.807, 2.05) is 20.8 Å². The fourth-order valence-corrected chi connectivity index (χ4v) is 2.33. The highest BCUT2D eigenvalue weighted by Gasteiger charge is 2.32. The van der Waals surface area contributed by atoms with Crippen LogP contribution in [0.25, 0.3) is 11.3 Å². The molecular formula is C16H21N3O3. The number of hydrogen-bond acceptors (Lipinski definition) is 5. The van der Waals surface area contributed by atoms with Crippen molar-refractivity contribution >= 4 is 5.91 Å². The lowest BCUT2D eigenvalue weighted by atomic mass is 9.86. The molecule has 0 bridgehead atoms. The van der Waals surface area contributed by atoms with Crippen molar-refractivity contribution in [3.8, 4) is 11.3 Å². The molecule has 2 heterocycles. The average molecular weight is 303 g/mol. The third-order valence-corrected chi connectivity index (χ3v) is 3.65. The van der Waals surface area contributed by atoms with Gasteiger partial charge in [-0.05, 0) is 17.5 Å². The predicted molar refractivity (Wildman–Crippen MR) is 82.2 cm³/mol. The Morgan fingerprint density at radius 2 is 2.00 bits per heavy atom. The highest BCUT2D eigenvalue weighted by molar-refractivity contribution is 5.93. The van der Waals surface area contributed by atoms with Gasteiger partial charge in [0.25, 0.3) is 5.91 Å². The summed E-state index contributed by atoms with van der Waals surface area (Å²) < 4.78 is 5.23. The molecule has 1 N–H and O–H groups in total. The number of carbonyl (C=O) groups is 1. The Hall–Kier alpha value is -2.21. The lowest BCUT2D eigenvalue weighted by molar-refractivity contribution is 0.0425. The minimum Gasteiger partial charge on any atom is -0.394 e. The molecule has 2 rings (SSSR count). The zero-order chi connectivity index (χ0) is 16.3. The molecule has 0 aromatic carbocycles. The second-order valence-corrected chi connectivity index (χ2v) is 6.29. The molecule has 0 saturated carbocycles. The highest BCUT2D eigenvalue weighted by Crippen LogP contribution is 2.25. The van der Waals surface area contributed by atoms with Crippen molar-refractivity contribution in [2.75, 3.05) is 13.7 Å². The van der Waals surface area contributed by atoms with Crippen molar-refractivity contribution in [3.05, 3.63) is 36.3 Å². The number of likely N-dealkylation sites (N-methyl/N-ethyl adjacent to an activating group) is 1. The number of pyridine rings is 1. The molecule has 0 radical (unpaired) electrons. The van der Waals surface area contributed by atoms with Crippen LogP contribution in [0, 0.1) is 5.41 Å².